The maximum Gasteiger partial charge on any atom is 0.251 e. The number of halogens is 1. The van der Waals surface area contributed by atoms with Crippen LogP contribution < -0.4 is 5.56 Å². The highest BCUT2D eigenvalue weighted by atomic mass is 32.2. The van der Waals surface area contributed by atoms with Gasteiger partial charge in [0.1, 0.15) is 5.82 Å². The normalized spacial score (nSPS) is 11.1. The summed E-state index contributed by atoms with van der Waals surface area (Å²) >= 11 is 1.48. The Kier molecular flexibility index (Phi) is 3.79. The van der Waals surface area contributed by atoms with Crippen LogP contribution in [0.2, 0.25) is 0 Å². The minimum absolute atomic E-state index is 0.0413. The van der Waals surface area contributed by atoms with E-state index in [2.05, 4.69) is 13.0 Å². The lowest BCUT2D eigenvalue weighted by Crippen LogP contribution is -2.16. The van der Waals surface area contributed by atoms with Gasteiger partial charge in [-0.05, 0) is 61.4 Å². The molecule has 0 saturated carbocycles. The maximum atomic E-state index is 13.0. The summed E-state index contributed by atoms with van der Waals surface area (Å²) in [4.78, 5) is 14.0. The van der Waals surface area contributed by atoms with Crippen molar-refractivity contribution in [3.8, 4) is 0 Å². The van der Waals surface area contributed by atoms with E-state index < -0.39 is 0 Å². The molecule has 2 aromatic carbocycles. The van der Waals surface area contributed by atoms with Crippen LogP contribution in [-0.2, 0) is 7.05 Å². The van der Waals surface area contributed by atoms with Crippen molar-refractivity contribution in [3.05, 3.63) is 69.8 Å². The molecule has 112 valence electrons. The first-order valence-electron chi connectivity index (χ1n) is 7.00. The molecular formula is C18H16FNOS. The summed E-state index contributed by atoms with van der Waals surface area (Å²) < 4.78 is 14.7. The molecule has 1 heterocycles. The summed E-state index contributed by atoms with van der Waals surface area (Å²) in [5.41, 5.74) is 3.22. The zero-order chi connectivity index (χ0) is 15.9. The number of hydrogen-bond acceptors (Lipinski definition) is 2. The number of hydrogen-bond donors (Lipinski definition) is 0. The first-order chi connectivity index (χ1) is 10.5. The van der Waals surface area contributed by atoms with Gasteiger partial charge in [-0.25, -0.2) is 4.39 Å². The fourth-order valence-electron chi connectivity index (χ4n) is 2.40. The number of rotatable bonds is 2. The monoisotopic (exact) mass is 313 g/mol. The Balaban J connectivity index is 2.20. The van der Waals surface area contributed by atoms with E-state index in [0.29, 0.717) is 0 Å². The highest BCUT2D eigenvalue weighted by molar-refractivity contribution is 7.99. The summed E-state index contributed by atoms with van der Waals surface area (Å²) in [7, 11) is 1.78. The van der Waals surface area contributed by atoms with Crippen LogP contribution in [0.4, 0.5) is 4.39 Å². The largest absolute Gasteiger partial charge is 0.311 e. The quantitative estimate of drug-likeness (QED) is 0.697. The molecule has 1 aromatic heterocycles. The van der Waals surface area contributed by atoms with E-state index in [1.807, 2.05) is 13.0 Å². The van der Waals surface area contributed by atoms with E-state index in [9.17, 15) is 9.18 Å². The lowest BCUT2D eigenvalue weighted by atomic mass is 10.1. The lowest BCUT2D eigenvalue weighted by Gasteiger charge is -2.12. The Labute approximate surface area is 132 Å². The number of aryl methyl sites for hydroxylation is 3. The van der Waals surface area contributed by atoms with Gasteiger partial charge in [-0.3, -0.25) is 4.79 Å². The van der Waals surface area contributed by atoms with Gasteiger partial charge in [-0.1, -0.05) is 11.8 Å². The highest BCUT2D eigenvalue weighted by Crippen LogP contribution is 2.33. The summed E-state index contributed by atoms with van der Waals surface area (Å²) in [6, 6.07) is 12.1. The lowest BCUT2D eigenvalue weighted by molar-refractivity contribution is 0.626. The number of aromatic nitrogens is 1. The Bertz CT molecular complexity index is 913. The van der Waals surface area contributed by atoms with Gasteiger partial charge in [0.2, 0.25) is 0 Å². The van der Waals surface area contributed by atoms with Crippen LogP contribution >= 0.6 is 11.8 Å². The van der Waals surface area contributed by atoms with Gasteiger partial charge in [0, 0.05) is 28.3 Å². The van der Waals surface area contributed by atoms with Gasteiger partial charge < -0.3 is 4.57 Å². The van der Waals surface area contributed by atoms with Gasteiger partial charge in [0.05, 0.1) is 5.52 Å². The molecule has 0 spiro atoms. The summed E-state index contributed by atoms with van der Waals surface area (Å²) in [5.74, 6) is -0.260. The van der Waals surface area contributed by atoms with Crippen molar-refractivity contribution in [2.24, 2.45) is 7.05 Å². The molecule has 0 fully saturated rings. The average Bonchev–Trinajstić information content (AvgIpc) is 2.49. The molecule has 0 saturated heterocycles. The van der Waals surface area contributed by atoms with Crippen molar-refractivity contribution < 1.29 is 4.39 Å². The molecule has 3 rings (SSSR count). The van der Waals surface area contributed by atoms with E-state index >= 15 is 0 Å². The summed E-state index contributed by atoms with van der Waals surface area (Å²) in [6.45, 7) is 4.10. The third-order valence-corrected chi connectivity index (χ3v) is 4.93. The third-order valence-electron chi connectivity index (χ3n) is 3.87. The molecule has 3 aromatic rings. The number of nitrogens with zero attached hydrogens (tertiary/aromatic N) is 1. The average molecular weight is 313 g/mol. The molecule has 0 amide bonds. The molecular weight excluding hydrogens is 297 g/mol. The van der Waals surface area contributed by atoms with Crippen molar-refractivity contribution >= 4 is 22.7 Å². The molecule has 0 radical (unpaired) electrons. The topological polar surface area (TPSA) is 22.0 Å². The van der Waals surface area contributed by atoms with Crippen molar-refractivity contribution in [1.82, 2.24) is 4.57 Å². The summed E-state index contributed by atoms with van der Waals surface area (Å²) in [6.07, 6.45) is 0. The molecule has 0 atom stereocenters. The molecule has 4 heteroatoms. The second-order valence-electron chi connectivity index (χ2n) is 5.42. The molecule has 0 N–H and O–H groups in total. The zero-order valence-corrected chi connectivity index (χ0v) is 13.5. The Morgan fingerprint density at radius 2 is 1.64 bits per heavy atom. The molecule has 0 unspecified atom stereocenters. The molecule has 0 bridgehead atoms. The van der Waals surface area contributed by atoms with Gasteiger partial charge >= 0.3 is 0 Å². The van der Waals surface area contributed by atoms with Crippen molar-refractivity contribution in [2.75, 3.05) is 0 Å². The van der Waals surface area contributed by atoms with Crippen LogP contribution in [0.3, 0.4) is 0 Å². The van der Waals surface area contributed by atoms with E-state index in [-0.39, 0.29) is 11.4 Å². The third kappa shape index (κ3) is 2.66. The standard InChI is InChI=1S/C18H16FNOS/c1-11-8-15-16(9-12(11)2)20(3)18(21)10-17(15)22-14-6-4-13(19)5-7-14/h4-10H,1-3H3. The van der Waals surface area contributed by atoms with E-state index in [0.717, 1.165) is 26.3 Å². The van der Waals surface area contributed by atoms with Crippen LogP contribution in [0, 0.1) is 19.7 Å². The van der Waals surface area contributed by atoms with Crippen LogP contribution in [0.1, 0.15) is 11.1 Å². The van der Waals surface area contributed by atoms with E-state index in [1.54, 1.807) is 29.8 Å². The predicted molar refractivity (Wildman–Crippen MR) is 89.2 cm³/mol. The highest BCUT2D eigenvalue weighted by Gasteiger charge is 2.10. The first kappa shape index (κ1) is 14.9. The van der Waals surface area contributed by atoms with Crippen LogP contribution in [0.5, 0.6) is 0 Å². The maximum absolute atomic E-state index is 13.0. The van der Waals surface area contributed by atoms with Gasteiger partial charge in [-0.2, -0.15) is 0 Å². The van der Waals surface area contributed by atoms with Crippen molar-refractivity contribution in [2.45, 2.75) is 23.6 Å². The van der Waals surface area contributed by atoms with Gasteiger partial charge in [-0.15, -0.1) is 0 Å². The molecule has 0 aliphatic carbocycles. The summed E-state index contributed by atoms with van der Waals surface area (Å²) in [5, 5.41) is 1.04. The number of benzene rings is 2. The van der Waals surface area contributed by atoms with E-state index in [1.165, 1.54) is 29.5 Å². The Morgan fingerprint density at radius 1 is 1.00 bits per heavy atom. The Hall–Kier alpha value is -2.07. The molecule has 0 aliphatic rings. The van der Waals surface area contributed by atoms with Crippen molar-refractivity contribution in [3.63, 3.8) is 0 Å². The molecule has 2 nitrogen and oxygen atoms in total. The van der Waals surface area contributed by atoms with Gasteiger partial charge in [0.25, 0.3) is 5.56 Å². The zero-order valence-electron chi connectivity index (χ0n) is 12.7. The van der Waals surface area contributed by atoms with Crippen LogP contribution in [-0.4, -0.2) is 4.57 Å². The molecule has 22 heavy (non-hydrogen) atoms. The first-order valence-corrected chi connectivity index (χ1v) is 7.82. The minimum atomic E-state index is -0.260. The van der Waals surface area contributed by atoms with Gasteiger partial charge in [0.15, 0.2) is 0 Å². The SMILES string of the molecule is Cc1cc2c(Sc3ccc(F)cc3)cc(=O)n(C)c2cc1C. The smallest absolute Gasteiger partial charge is 0.251 e. The van der Waals surface area contributed by atoms with Crippen LogP contribution in [0.15, 0.2) is 57.1 Å². The van der Waals surface area contributed by atoms with Crippen molar-refractivity contribution in [1.29, 1.82) is 0 Å². The number of fused-ring (bicyclic) bond motifs is 1. The van der Waals surface area contributed by atoms with E-state index in [4.69, 9.17) is 0 Å². The fraction of sp³-hybridized carbons (Fsp3) is 0.167. The minimum Gasteiger partial charge on any atom is -0.311 e. The predicted octanol–water partition coefficient (Wildman–Crippen LogP) is 4.45. The second-order valence-corrected chi connectivity index (χ2v) is 6.53. The Morgan fingerprint density at radius 3 is 2.32 bits per heavy atom. The number of pyridine rings is 1. The van der Waals surface area contributed by atoms with Crippen LogP contribution in [0.25, 0.3) is 10.9 Å². The fourth-order valence-corrected chi connectivity index (χ4v) is 3.35. The molecule has 0 aliphatic heterocycles. The second kappa shape index (κ2) is 5.61.